The van der Waals surface area contributed by atoms with Gasteiger partial charge in [-0.05, 0) is 37.0 Å². The van der Waals surface area contributed by atoms with Crippen molar-refractivity contribution in [2.24, 2.45) is 0 Å². The monoisotopic (exact) mass is 418 g/mol. The van der Waals surface area contributed by atoms with Crippen molar-refractivity contribution in [3.8, 4) is 0 Å². The first-order valence-electron chi connectivity index (χ1n) is 9.82. The highest BCUT2D eigenvalue weighted by atomic mass is 19.4. The van der Waals surface area contributed by atoms with Gasteiger partial charge in [0.15, 0.2) is 0 Å². The number of hydrogen-bond acceptors (Lipinski definition) is 5. The normalized spacial score (nSPS) is 15.9. The zero-order chi connectivity index (χ0) is 21.5. The van der Waals surface area contributed by atoms with Gasteiger partial charge in [-0.25, -0.2) is 4.98 Å². The predicted octanol–water partition coefficient (Wildman–Crippen LogP) is 4.78. The quantitative estimate of drug-likeness (QED) is 0.612. The van der Waals surface area contributed by atoms with Gasteiger partial charge in [-0.15, -0.1) is 0 Å². The topological polar surface area (TPSA) is 72.1 Å². The highest BCUT2D eigenvalue weighted by Crippen LogP contribution is 2.41. The highest BCUT2D eigenvalue weighted by Gasteiger charge is 2.38. The van der Waals surface area contributed by atoms with Gasteiger partial charge in [0.05, 0.1) is 22.2 Å². The maximum absolute atomic E-state index is 13.8. The molecule has 4 heterocycles. The standard InChI is InChI=1S/C21H21F3N4O2/c1-12(2)16-10-15(21(22,23)24)17-18(27-30-19(17)26-16)13-5-8-28(9-6-13)20(29)14-4-3-7-25-11-14/h3-4,7,10-13H,5-6,8-9H2,1-2H3. The molecule has 158 valence electrons. The summed E-state index contributed by atoms with van der Waals surface area (Å²) in [5.74, 6) is -0.548. The molecule has 9 heteroatoms. The van der Waals surface area contributed by atoms with Crippen LogP contribution in [0.1, 0.15) is 65.8 Å². The Morgan fingerprint density at radius 2 is 2.00 bits per heavy atom. The van der Waals surface area contributed by atoms with Crippen molar-refractivity contribution in [3.05, 3.63) is 53.1 Å². The number of amides is 1. The largest absolute Gasteiger partial charge is 0.417 e. The van der Waals surface area contributed by atoms with Crippen molar-refractivity contribution in [3.63, 3.8) is 0 Å². The van der Waals surface area contributed by atoms with E-state index in [9.17, 15) is 18.0 Å². The maximum Gasteiger partial charge on any atom is 0.417 e. The van der Waals surface area contributed by atoms with E-state index in [4.69, 9.17) is 4.52 Å². The van der Waals surface area contributed by atoms with Crippen LogP contribution >= 0.6 is 0 Å². The zero-order valence-corrected chi connectivity index (χ0v) is 16.6. The van der Waals surface area contributed by atoms with Gasteiger partial charge in [0.1, 0.15) is 0 Å². The van der Waals surface area contributed by atoms with Gasteiger partial charge < -0.3 is 9.42 Å². The molecule has 1 fully saturated rings. The van der Waals surface area contributed by atoms with E-state index < -0.39 is 11.7 Å². The Kier molecular flexibility index (Phi) is 5.21. The van der Waals surface area contributed by atoms with Crippen LogP contribution in [0, 0.1) is 0 Å². The fourth-order valence-electron chi connectivity index (χ4n) is 3.82. The number of rotatable bonds is 3. The lowest BCUT2D eigenvalue weighted by molar-refractivity contribution is -0.136. The van der Waals surface area contributed by atoms with Crippen molar-refractivity contribution >= 4 is 17.0 Å². The molecule has 3 aromatic heterocycles. The summed E-state index contributed by atoms with van der Waals surface area (Å²) in [5.41, 5.74) is 0.231. The summed E-state index contributed by atoms with van der Waals surface area (Å²) in [7, 11) is 0. The van der Waals surface area contributed by atoms with Gasteiger partial charge in [0.25, 0.3) is 11.6 Å². The Balaban J connectivity index is 1.61. The van der Waals surface area contributed by atoms with Crippen LogP contribution in [0.25, 0.3) is 11.1 Å². The lowest BCUT2D eigenvalue weighted by Gasteiger charge is -2.31. The van der Waals surface area contributed by atoms with Gasteiger partial charge >= 0.3 is 6.18 Å². The molecular weight excluding hydrogens is 397 g/mol. The molecule has 0 spiro atoms. The summed E-state index contributed by atoms with van der Waals surface area (Å²) in [6, 6.07) is 4.48. The number of pyridine rings is 2. The molecule has 0 N–H and O–H groups in total. The second-order valence-electron chi connectivity index (χ2n) is 7.80. The van der Waals surface area contributed by atoms with Crippen LogP contribution in [0.2, 0.25) is 0 Å². The Bertz CT molecular complexity index is 1060. The number of nitrogens with zero attached hydrogens (tertiary/aromatic N) is 4. The first kappa shape index (κ1) is 20.3. The Morgan fingerprint density at radius 1 is 1.27 bits per heavy atom. The van der Waals surface area contributed by atoms with Crippen LogP contribution < -0.4 is 0 Å². The number of halogens is 3. The number of piperidine rings is 1. The van der Waals surface area contributed by atoms with E-state index >= 15 is 0 Å². The van der Waals surface area contributed by atoms with E-state index in [1.807, 2.05) is 0 Å². The minimum absolute atomic E-state index is 0.0658. The predicted molar refractivity (Wildman–Crippen MR) is 103 cm³/mol. The lowest BCUT2D eigenvalue weighted by Crippen LogP contribution is -2.38. The third-order valence-electron chi connectivity index (χ3n) is 5.47. The van der Waals surface area contributed by atoms with Gasteiger partial charge in [-0.1, -0.05) is 19.0 Å². The number of carbonyl (C=O) groups is 1. The number of fused-ring (bicyclic) bond motifs is 1. The molecule has 1 aliphatic rings. The van der Waals surface area contributed by atoms with Crippen LogP contribution in [0.5, 0.6) is 0 Å². The van der Waals surface area contributed by atoms with E-state index in [2.05, 4.69) is 15.1 Å². The molecular formula is C21H21F3N4O2. The molecule has 4 rings (SSSR count). The molecule has 3 aromatic rings. The molecule has 0 aliphatic carbocycles. The van der Waals surface area contributed by atoms with E-state index in [-0.39, 0.29) is 34.5 Å². The van der Waals surface area contributed by atoms with Crippen molar-refractivity contribution < 1.29 is 22.5 Å². The minimum Gasteiger partial charge on any atom is -0.339 e. The number of hydrogen-bond donors (Lipinski definition) is 0. The Hall–Kier alpha value is -2.97. The van der Waals surface area contributed by atoms with Gasteiger partial charge in [-0.2, -0.15) is 13.2 Å². The van der Waals surface area contributed by atoms with E-state index in [1.165, 1.54) is 6.20 Å². The molecule has 0 bridgehead atoms. The summed E-state index contributed by atoms with van der Waals surface area (Å²) >= 11 is 0. The zero-order valence-electron chi connectivity index (χ0n) is 16.6. The van der Waals surface area contributed by atoms with Crippen LogP contribution in [0.3, 0.4) is 0 Å². The SMILES string of the molecule is CC(C)c1cc(C(F)(F)F)c2c(C3CCN(C(=O)c4cccnc4)CC3)noc2n1. The van der Waals surface area contributed by atoms with Crippen LogP contribution in [-0.4, -0.2) is 39.0 Å². The molecule has 0 unspecified atom stereocenters. The summed E-state index contributed by atoms with van der Waals surface area (Å²) in [6.07, 6.45) is -0.446. The van der Waals surface area contributed by atoms with Crippen molar-refractivity contribution in [1.29, 1.82) is 0 Å². The van der Waals surface area contributed by atoms with Crippen LogP contribution in [0.15, 0.2) is 35.1 Å². The average Bonchev–Trinajstić information content (AvgIpc) is 3.16. The second-order valence-corrected chi connectivity index (χ2v) is 7.80. The Labute approximate surface area is 171 Å². The van der Waals surface area contributed by atoms with Crippen molar-refractivity contribution in [2.75, 3.05) is 13.1 Å². The number of likely N-dealkylation sites (tertiary alicyclic amines) is 1. The van der Waals surface area contributed by atoms with Gasteiger partial charge in [0.2, 0.25) is 0 Å². The summed E-state index contributed by atoms with van der Waals surface area (Å²) < 4.78 is 46.6. The molecule has 0 atom stereocenters. The Morgan fingerprint density at radius 3 is 2.60 bits per heavy atom. The molecule has 1 saturated heterocycles. The highest BCUT2D eigenvalue weighted by molar-refractivity contribution is 5.94. The summed E-state index contributed by atoms with van der Waals surface area (Å²) in [4.78, 5) is 22.5. The van der Waals surface area contributed by atoms with E-state index in [0.29, 0.717) is 37.2 Å². The van der Waals surface area contributed by atoms with E-state index in [0.717, 1.165) is 6.07 Å². The molecule has 1 aliphatic heterocycles. The number of carbonyl (C=O) groups excluding carboxylic acids is 1. The third-order valence-corrected chi connectivity index (χ3v) is 5.47. The summed E-state index contributed by atoms with van der Waals surface area (Å²) in [6.45, 7) is 4.40. The van der Waals surface area contributed by atoms with Crippen LogP contribution in [-0.2, 0) is 6.18 Å². The number of aromatic nitrogens is 3. The van der Waals surface area contributed by atoms with Crippen molar-refractivity contribution in [1.82, 2.24) is 20.0 Å². The molecule has 30 heavy (non-hydrogen) atoms. The van der Waals surface area contributed by atoms with Crippen molar-refractivity contribution in [2.45, 2.75) is 44.7 Å². The lowest BCUT2D eigenvalue weighted by atomic mass is 9.90. The van der Waals surface area contributed by atoms with Crippen LogP contribution in [0.4, 0.5) is 13.2 Å². The third kappa shape index (κ3) is 3.76. The van der Waals surface area contributed by atoms with Gasteiger partial charge in [0, 0.05) is 37.1 Å². The molecule has 0 saturated carbocycles. The minimum atomic E-state index is -4.54. The maximum atomic E-state index is 13.8. The molecule has 0 aromatic carbocycles. The number of alkyl halides is 3. The fraction of sp³-hybridized carbons (Fsp3) is 0.429. The first-order valence-corrected chi connectivity index (χ1v) is 9.82. The second kappa shape index (κ2) is 7.70. The average molecular weight is 418 g/mol. The molecule has 6 nitrogen and oxygen atoms in total. The summed E-state index contributed by atoms with van der Waals surface area (Å²) in [5, 5.41) is 3.90. The smallest absolute Gasteiger partial charge is 0.339 e. The van der Waals surface area contributed by atoms with E-state index in [1.54, 1.807) is 37.1 Å². The molecule has 0 radical (unpaired) electrons. The first-order chi connectivity index (χ1) is 14.3. The fourth-order valence-corrected chi connectivity index (χ4v) is 3.82. The van der Waals surface area contributed by atoms with Gasteiger partial charge in [-0.3, -0.25) is 9.78 Å². The molecule has 1 amide bonds.